The van der Waals surface area contributed by atoms with Gasteiger partial charge in [0.1, 0.15) is 11.6 Å². The van der Waals surface area contributed by atoms with E-state index in [-0.39, 0.29) is 18.1 Å². The van der Waals surface area contributed by atoms with Gasteiger partial charge in [0.05, 0.1) is 19.3 Å². The van der Waals surface area contributed by atoms with Crippen molar-refractivity contribution in [1.29, 1.82) is 0 Å². The molecule has 174 valence electrons. The normalized spacial score (nSPS) is 12.9. The lowest BCUT2D eigenvalue weighted by Crippen LogP contribution is -2.30. The fourth-order valence-electron chi connectivity index (χ4n) is 2.85. The average molecular weight is 561 g/mol. The van der Waals surface area contributed by atoms with Gasteiger partial charge in [-0.15, -0.1) is 0 Å². The summed E-state index contributed by atoms with van der Waals surface area (Å²) in [6.45, 7) is 4.69. The van der Waals surface area contributed by atoms with E-state index < -0.39 is 24.3 Å². The molecular formula is C22H26F2IN3O4. The summed E-state index contributed by atoms with van der Waals surface area (Å²) in [6.07, 6.45) is 0.594. The monoisotopic (exact) mass is 561 g/mol. The summed E-state index contributed by atoms with van der Waals surface area (Å²) >= 11 is 2.09. The van der Waals surface area contributed by atoms with Crippen LogP contribution in [0.25, 0.3) is 0 Å². The third-order valence-corrected chi connectivity index (χ3v) is 5.38. The number of rotatable bonds is 8. The van der Waals surface area contributed by atoms with E-state index >= 15 is 0 Å². The summed E-state index contributed by atoms with van der Waals surface area (Å²) in [6, 6.07) is 6.19. The molecule has 0 fully saturated rings. The van der Waals surface area contributed by atoms with Crippen LogP contribution in [0.3, 0.4) is 0 Å². The lowest BCUT2D eigenvalue weighted by Gasteiger charge is -2.28. The number of aromatic nitrogens is 1. The zero-order valence-corrected chi connectivity index (χ0v) is 20.6. The molecule has 7 nitrogen and oxygen atoms in total. The van der Waals surface area contributed by atoms with E-state index in [1.807, 2.05) is 20.8 Å². The highest BCUT2D eigenvalue weighted by Gasteiger charge is 2.32. The number of methoxy groups -OCH3 is 1. The fraction of sp³-hybridized carbons (Fsp3) is 0.409. The van der Waals surface area contributed by atoms with Gasteiger partial charge in [-0.25, -0.2) is 9.78 Å². The Balaban J connectivity index is 2.33. The molecule has 0 unspecified atom stereocenters. The lowest BCUT2D eigenvalue weighted by molar-refractivity contribution is -0.164. The highest BCUT2D eigenvalue weighted by molar-refractivity contribution is 14.1. The van der Waals surface area contributed by atoms with E-state index in [9.17, 15) is 13.6 Å². The molecule has 0 spiro atoms. The molecule has 0 aliphatic heterocycles. The van der Waals surface area contributed by atoms with Gasteiger partial charge in [-0.1, -0.05) is 12.1 Å². The summed E-state index contributed by atoms with van der Waals surface area (Å²) in [5, 5.41) is 0. The van der Waals surface area contributed by atoms with E-state index in [1.165, 1.54) is 19.2 Å². The molecule has 32 heavy (non-hydrogen) atoms. The van der Waals surface area contributed by atoms with Gasteiger partial charge >= 0.3 is 12.6 Å². The van der Waals surface area contributed by atoms with E-state index in [0.29, 0.717) is 20.4 Å². The predicted octanol–water partition coefficient (Wildman–Crippen LogP) is 4.83. The minimum absolute atomic E-state index is 0.0756. The topological polar surface area (TPSA) is 96.0 Å². The van der Waals surface area contributed by atoms with Crippen LogP contribution in [0.15, 0.2) is 29.3 Å². The first-order valence-corrected chi connectivity index (χ1v) is 10.8. The maximum Gasteiger partial charge on any atom is 0.387 e. The number of hydrogen-bond donors (Lipinski definition) is 1. The Hall–Kier alpha value is -2.34. The number of benzene rings is 1. The van der Waals surface area contributed by atoms with Crippen molar-refractivity contribution in [3.63, 3.8) is 0 Å². The fourth-order valence-corrected chi connectivity index (χ4v) is 3.94. The molecule has 10 heteroatoms. The molecule has 1 aromatic carbocycles. The van der Waals surface area contributed by atoms with Crippen LogP contribution in [0, 0.1) is 10.5 Å². The Morgan fingerprint density at radius 3 is 2.44 bits per heavy atom. The second kappa shape index (κ2) is 11.0. The summed E-state index contributed by atoms with van der Waals surface area (Å²) in [7, 11) is 1.30. The van der Waals surface area contributed by atoms with Gasteiger partial charge < -0.3 is 19.9 Å². The Labute approximate surface area is 199 Å². The quantitative estimate of drug-likeness (QED) is 0.282. The first-order valence-electron chi connectivity index (χ1n) is 9.67. The van der Waals surface area contributed by atoms with Gasteiger partial charge in [0.25, 0.3) is 0 Å². The van der Waals surface area contributed by atoms with Crippen molar-refractivity contribution in [2.24, 2.45) is 4.99 Å². The molecule has 0 amide bonds. The number of anilines is 1. The summed E-state index contributed by atoms with van der Waals surface area (Å²) < 4.78 is 40.5. The minimum Gasteiger partial charge on any atom is -0.467 e. The Bertz CT molecular complexity index is 977. The van der Waals surface area contributed by atoms with Crippen LogP contribution >= 0.6 is 22.6 Å². The van der Waals surface area contributed by atoms with Crippen molar-refractivity contribution in [3.05, 3.63) is 50.2 Å². The smallest absolute Gasteiger partial charge is 0.387 e. The second-order valence-corrected chi connectivity index (χ2v) is 8.93. The number of alkyl halides is 2. The average Bonchev–Trinajstić information content (AvgIpc) is 2.68. The van der Waals surface area contributed by atoms with Gasteiger partial charge in [-0.3, -0.25) is 4.99 Å². The van der Waals surface area contributed by atoms with E-state index in [2.05, 4.69) is 37.3 Å². The van der Waals surface area contributed by atoms with Crippen molar-refractivity contribution in [2.45, 2.75) is 52.6 Å². The molecule has 1 heterocycles. The van der Waals surface area contributed by atoms with Crippen LogP contribution in [-0.2, 0) is 20.8 Å². The van der Waals surface area contributed by atoms with E-state index in [0.717, 1.165) is 5.56 Å². The number of ether oxygens (including phenoxy) is 3. The maximum absolute atomic E-state index is 12.5. The van der Waals surface area contributed by atoms with E-state index in [4.69, 9.17) is 15.2 Å². The molecule has 0 saturated heterocycles. The minimum atomic E-state index is -2.87. The maximum atomic E-state index is 12.5. The van der Waals surface area contributed by atoms with Crippen molar-refractivity contribution in [1.82, 2.24) is 4.98 Å². The van der Waals surface area contributed by atoms with Gasteiger partial charge in [0, 0.05) is 26.6 Å². The molecular weight excluding hydrogens is 535 g/mol. The highest BCUT2D eigenvalue weighted by Crippen LogP contribution is 2.33. The van der Waals surface area contributed by atoms with Crippen LogP contribution in [-0.4, -0.2) is 36.5 Å². The number of aliphatic imine (C=N–C) groups is 1. The number of hydrogen-bond acceptors (Lipinski definition) is 7. The largest absolute Gasteiger partial charge is 0.467 e. The zero-order chi connectivity index (χ0) is 24.1. The molecule has 0 radical (unpaired) electrons. The van der Waals surface area contributed by atoms with Gasteiger partial charge in [-0.2, -0.15) is 8.78 Å². The highest BCUT2D eigenvalue weighted by atomic mass is 127. The van der Waals surface area contributed by atoms with Crippen LogP contribution in [0.2, 0.25) is 0 Å². The third-order valence-electron chi connectivity index (χ3n) is 4.22. The van der Waals surface area contributed by atoms with Crippen LogP contribution < -0.4 is 10.5 Å². The van der Waals surface area contributed by atoms with Crippen molar-refractivity contribution < 1.29 is 27.8 Å². The molecule has 2 N–H and O–H groups in total. The zero-order valence-electron chi connectivity index (χ0n) is 18.5. The van der Waals surface area contributed by atoms with Crippen LogP contribution in [0.5, 0.6) is 5.75 Å². The number of halogens is 3. The number of carbonyl (C=O) groups is 1. The number of nitrogens with two attached hydrogens (primary N) is 1. The number of aryl methyl sites for hydroxylation is 1. The molecule has 0 aliphatic carbocycles. The Kier molecular flexibility index (Phi) is 8.90. The molecule has 0 aliphatic rings. The van der Waals surface area contributed by atoms with Crippen molar-refractivity contribution >= 4 is 40.6 Å². The molecule has 0 saturated carbocycles. The third kappa shape index (κ3) is 7.09. The SMILES string of the molecule is COC(=O)[C@@H](OC(C)(C)C)c1c(C)nc(N)c(C=NCc2ccc(OC(F)F)cc2)c1I. The predicted molar refractivity (Wildman–Crippen MR) is 126 cm³/mol. The van der Waals surface area contributed by atoms with Crippen LogP contribution in [0.1, 0.15) is 49.3 Å². The number of carbonyl (C=O) groups excluding carboxylic acids is 1. The van der Waals surface area contributed by atoms with Gasteiger partial charge in [0.15, 0.2) is 6.10 Å². The molecule has 0 bridgehead atoms. The van der Waals surface area contributed by atoms with E-state index in [1.54, 1.807) is 25.3 Å². The number of nitrogen functional groups attached to an aromatic ring is 1. The molecule has 1 aromatic heterocycles. The van der Waals surface area contributed by atoms with Crippen molar-refractivity contribution in [3.8, 4) is 5.75 Å². The standard InChI is InChI=1S/C22H26F2IN3O4/c1-12-16(18(20(29)30-5)32-22(2,3)4)17(25)15(19(26)28-12)11-27-10-13-6-8-14(9-7-13)31-21(23)24/h6-9,11,18,21H,10H2,1-5H3,(H2,26,28)/t18-/m0/s1. The number of esters is 1. The van der Waals surface area contributed by atoms with Crippen LogP contribution in [0.4, 0.5) is 14.6 Å². The Morgan fingerprint density at radius 2 is 1.91 bits per heavy atom. The Morgan fingerprint density at radius 1 is 1.28 bits per heavy atom. The lowest BCUT2D eigenvalue weighted by atomic mass is 10.0. The first kappa shape index (κ1) is 25.9. The van der Waals surface area contributed by atoms with Crippen molar-refractivity contribution in [2.75, 3.05) is 12.8 Å². The number of pyridine rings is 1. The summed E-state index contributed by atoms with van der Waals surface area (Å²) in [5.41, 5.74) is 7.98. The summed E-state index contributed by atoms with van der Waals surface area (Å²) in [5.74, 6) is -0.201. The van der Waals surface area contributed by atoms with Gasteiger partial charge in [0.2, 0.25) is 0 Å². The summed E-state index contributed by atoms with van der Waals surface area (Å²) in [4.78, 5) is 21.3. The number of nitrogens with zero attached hydrogens (tertiary/aromatic N) is 2. The molecule has 1 atom stereocenters. The second-order valence-electron chi connectivity index (χ2n) is 7.85. The van der Waals surface area contributed by atoms with Gasteiger partial charge in [-0.05, 0) is 68.0 Å². The molecule has 2 rings (SSSR count). The molecule has 2 aromatic rings. The first-order chi connectivity index (χ1) is 14.9.